The molecule has 0 aliphatic heterocycles. The van der Waals surface area contributed by atoms with E-state index in [0.29, 0.717) is 6.54 Å². The average Bonchev–Trinajstić information content (AvgIpc) is 2.34. The minimum atomic E-state index is -1.20. The van der Waals surface area contributed by atoms with Crippen molar-refractivity contribution in [3.8, 4) is 0 Å². The fourth-order valence-electron chi connectivity index (χ4n) is 1.77. The van der Waals surface area contributed by atoms with Crippen LogP contribution in [0, 0.1) is 6.92 Å². The topological polar surface area (TPSA) is 59.3 Å². The average molecular weight is 243 g/mol. The molecule has 0 saturated carbocycles. The van der Waals surface area contributed by atoms with Gasteiger partial charge in [-0.05, 0) is 18.1 Å². The molecule has 0 saturated heterocycles. The van der Waals surface area contributed by atoms with Crippen molar-refractivity contribution >= 4 is 5.97 Å². The predicted molar refractivity (Wildman–Crippen MR) is 67.9 cm³/mol. The van der Waals surface area contributed by atoms with Gasteiger partial charge in [0, 0.05) is 25.0 Å². The van der Waals surface area contributed by atoms with Crippen LogP contribution in [0.1, 0.15) is 21.5 Å². The molecule has 0 amide bonds. The van der Waals surface area contributed by atoms with Crippen LogP contribution in [0.5, 0.6) is 0 Å². The van der Waals surface area contributed by atoms with Crippen molar-refractivity contribution in [1.82, 2.24) is 4.57 Å². The molecule has 18 heavy (non-hydrogen) atoms. The minimum absolute atomic E-state index is 0.203. The molecule has 2 aromatic rings. The van der Waals surface area contributed by atoms with Crippen LogP contribution in [0.25, 0.3) is 0 Å². The Hall–Kier alpha value is -2.36. The van der Waals surface area contributed by atoms with Crippen LogP contribution in [0.15, 0.2) is 47.5 Å². The standard InChI is InChI=1S/C14H13NO3/c1-10-4-2-3-5-11(10)8-15-7-6-13(16)12(9-15)14(17)18/h2-7,9H,8H2,1H3,(H,17,18). The lowest BCUT2D eigenvalue weighted by atomic mass is 10.1. The normalized spacial score (nSPS) is 10.3. The predicted octanol–water partition coefficient (Wildman–Crippen LogP) is 1.90. The molecule has 0 atom stereocenters. The Kier molecular flexibility index (Phi) is 3.28. The summed E-state index contributed by atoms with van der Waals surface area (Å²) in [5.41, 5.74) is 1.56. The zero-order chi connectivity index (χ0) is 13.1. The Labute approximate surface area is 104 Å². The molecule has 4 heteroatoms. The lowest BCUT2D eigenvalue weighted by molar-refractivity contribution is 0.0694. The van der Waals surface area contributed by atoms with Crippen molar-refractivity contribution in [3.63, 3.8) is 0 Å². The molecule has 2 rings (SSSR count). The van der Waals surface area contributed by atoms with Crippen LogP contribution in [-0.2, 0) is 6.54 Å². The number of hydrogen-bond acceptors (Lipinski definition) is 2. The summed E-state index contributed by atoms with van der Waals surface area (Å²) in [7, 11) is 0. The van der Waals surface area contributed by atoms with E-state index in [0.717, 1.165) is 11.1 Å². The van der Waals surface area contributed by atoms with Crippen molar-refractivity contribution < 1.29 is 9.90 Å². The first kappa shape index (κ1) is 12.1. The van der Waals surface area contributed by atoms with E-state index in [1.54, 1.807) is 10.8 Å². The number of aromatic nitrogens is 1. The van der Waals surface area contributed by atoms with Crippen molar-refractivity contribution in [1.29, 1.82) is 0 Å². The quantitative estimate of drug-likeness (QED) is 0.895. The fraction of sp³-hybridized carbons (Fsp3) is 0.143. The summed E-state index contributed by atoms with van der Waals surface area (Å²) in [6.07, 6.45) is 2.97. The molecule has 1 heterocycles. The van der Waals surface area contributed by atoms with Gasteiger partial charge in [0.25, 0.3) is 0 Å². The van der Waals surface area contributed by atoms with E-state index < -0.39 is 11.4 Å². The zero-order valence-electron chi connectivity index (χ0n) is 9.96. The first-order valence-corrected chi connectivity index (χ1v) is 5.56. The molecule has 92 valence electrons. The summed E-state index contributed by atoms with van der Waals surface area (Å²) < 4.78 is 1.70. The number of benzene rings is 1. The summed E-state index contributed by atoms with van der Waals surface area (Å²) in [6, 6.07) is 9.14. The van der Waals surface area contributed by atoms with Crippen molar-refractivity contribution in [2.24, 2.45) is 0 Å². The monoisotopic (exact) mass is 243 g/mol. The van der Waals surface area contributed by atoms with Crippen molar-refractivity contribution in [2.45, 2.75) is 13.5 Å². The molecule has 1 aromatic carbocycles. The van der Waals surface area contributed by atoms with E-state index >= 15 is 0 Å². The van der Waals surface area contributed by atoms with Crippen LogP contribution in [0.3, 0.4) is 0 Å². The summed E-state index contributed by atoms with van der Waals surface area (Å²) in [5.74, 6) is -1.20. The molecule has 0 aliphatic rings. The van der Waals surface area contributed by atoms with Crippen LogP contribution in [0.2, 0.25) is 0 Å². The number of nitrogens with zero attached hydrogens (tertiary/aromatic N) is 1. The van der Waals surface area contributed by atoms with Gasteiger partial charge in [0.1, 0.15) is 5.56 Å². The molecule has 0 unspecified atom stereocenters. The zero-order valence-corrected chi connectivity index (χ0v) is 9.96. The third-order valence-corrected chi connectivity index (χ3v) is 2.82. The largest absolute Gasteiger partial charge is 0.477 e. The van der Waals surface area contributed by atoms with E-state index in [2.05, 4.69) is 0 Å². The van der Waals surface area contributed by atoms with Gasteiger partial charge in [-0.1, -0.05) is 24.3 Å². The third kappa shape index (κ3) is 2.48. The Morgan fingerprint density at radius 3 is 2.67 bits per heavy atom. The summed E-state index contributed by atoms with van der Waals surface area (Å²) in [4.78, 5) is 22.2. The second kappa shape index (κ2) is 4.87. The molecule has 4 nitrogen and oxygen atoms in total. The van der Waals surface area contributed by atoms with Gasteiger partial charge in [0.2, 0.25) is 0 Å². The summed E-state index contributed by atoms with van der Waals surface area (Å²) >= 11 is 0. The van der Waals surface area contributed by atoms with Crippen molar-refractivity contribution in [2.75, 3.05) is 0 Å². The van der Waals surface area contributed by atoms with Crippen LogP contribution in [-0.4, -0.2) is 15.6 Å². The number of rotatable bonds is 3. The number of aryl methyl sites for hydroxylation is 1. The van der Waals surface area contributed by atoms with Gasteiger partial charge >= 0.3 is 5.97 Å². The molecule has 1 N–H and O–H groups in total. The van der Waals surface area contributed by atoms with Gasteiger partial charge in [-0.25, -0.2) is 4.79 Å². The molecule has 0 spiro atoms. The number of hydrogen-bond donors (Lipinski definition) is 1. The van der Waals surface area contributed by atoms with Gasteiger partial charge in [0.15, 0.2) is 5.43 Å². The highest BCUT2D eigenvalue weighted by Crippen LogP contribution is 2.09. The second-order valence-corrected chi connectivity index (χ2v) is 4.13. The number of carboxylic acid groups (broad SMARTS) is 1. The van der Waals surface area contributed by atoms with Gasteiger partial charge in [-0.15, -0.1) is 0 Å². The van der Waals surface area contributed by atoms with Gasteiger partial charge in [-0.2, -0.15) is 0 Å². The van der Waals surface area contributed by atoms with Gasteiger partial charge in [-0.3, -0.25) is 4.79 Å². The molecular formula is C14H13NO3. The number of carbonyl (C=O) groups is 1. The SMILES string of the molecule is Cc1ccccc1Cn1ccc(=O)c(C(=O)O)c1. The maximum Gasteiger partial charge on any atom is 0.341 e. The minimum Gasteiger partial charge on any atom is -0.477 e. The van der Waals surface area contributed by atoms with E-state index in [-0.39, 0.29) is 5.56 Å². The highest BCUT2D eigenvalue weighted by atomic mass is 16.4. The number of aromatic carboxylic acids is 1. The van der Waals surface area contributed by atoms with E-state index in [4.69, 9.17) is 5.11 Å². The summed E-state index contributed by atoms with van der Waals surface area (Å²) in [6.45, 7) is 2.54. The Bertz CT molecular complexity index is 643. The lowest BCUT2D eigenvalue weighted by Gasteiger charge is -2.09. The highest BCUT2D eigenvalue weighted by Gasteiger charge is 2.08. The molecular weight excluding hydrogens is 230 g/mol. The molecule has 0 aliphatic carbocycles. The fourth-order valence-corrected chi connectivity index (χ4v) is 1.77. The smallest absolute Gasteiger partial charge is 0.341 e. The lowest BCUT2D eigenvalue weighted by Crippen LogP contribution is -2.17. The van der Waals surface area contributed by atoms with E-state index in [1.807, 2.05) is 31.2 Å². The number of carboxylic acids is 1. The van der Waals surface area contributed by atoms with E-state index in [1.165, 1.54) is 12.3 Å². The molecule has 0 bridgehead atoms. The maximum atomic E-state index is 11.3. The Morgan fingerprint density at radius 2 is 2.00 bits per heavy atom. The Morgan fingerprint density at radius 1 is 1.28 bits per heavy atom. The number of pyridine rings is 1. The highest BCUT2D eigenvalue weighted by molar-refractivity contribution is 5.86. The second-order valence-electron chi connectivity index (χ2n) is 4.13. The molecule has 0 radical (unpaired) electrons. The summed E-state index contributed by atoms with van der Waals surface area (Å²) in [5, 5.41) is 8.90. The molecule has 0 fully saturated rings. The van der Waals surface area contributed by atoms with Gasteiger partial charge in [0.05, 0.1) is 0 Å². The van der Waals surface area contributed by atoms with Crippen LogP contribution < -0.4 is 5.43 Å². The van der Waals surface area contributed by atoms with Crippen LogP contribution in [0.4, 0.5) is 0 Å². The first-order chi connectivity index (χ1) is 8.58. The molecule has 1 aromatic heterocycles. The van der Waals surface area contributed by atoms with E-state index in [9.17, 15) is 9.59 Å². The maximum absolute atomic E-state index is 11.3. The third-order valence-electron chi connectivity index (χ3n) is 2.82. The Balaban J connectivity index is 2.36. The van der Waals surface area contributed by atoms with Crippen molar-refractivity contribution in [3.05, 3.63) is 69.6 Å². The van der Waals surface area contributed by atoms with Gasteiger partial charge < -0.3 is 9.67 Å². The first-order valence-electron chi connectivity index (χ1n) is 5.56. The van der Waals surface area contributed by atoms with Crippen LogP contribution >= 0.6 is 0 Å².